The topological polar surface area (TPSA) is 118 Å². The highest BCUT2D eigenvalue weighted by Gasteiger charge is 2.44. The molecular formula is C13H15NO6. The number of aliphatic carboxylic acids is 2. The van der Waals surface area contributed by atoms with E-state index in [-0.39, 0.29) is 24.9 Å². The SMILES string of the molecule is CCC(CCc1cccc([N+](=O)[O-])c1)(C(=O)O)C(=O)O. The molecule has 7 nitrogen and oxygen atoms in total. The van der Waals surface area contributed by atoms with Crippen LogP contribution in [0.15, 0.2) is 24.3 Å². The molecule has 0 aliphatic rings. The summed E-state index contributed by atoms with van der Waals surface area (Å²) in [7, 11) is 0. The number of aryl methyl sites for hydroxylation is 1. The number of carbonyl (C=O) groups is 2. The summed E-state index contributed by atoms with van der Waals surface area (Å²) < 4.78 is 0. The van der Waals surface area contributed by atoms with Crippen LogP contribution in [0.4, 0.5) is 5.69 Å². The first-order valence-corrected chi connectivity index (χ1v) is 6.03. The Morgan fingerprint density at radius 1 is 1.30 bits per heavy atom. The summed E-state index contributed by atoms with van der Waals surface area (Å²) in [6.07, 6.45) is -0.0178. The number of hydrogen-bond donors (Lipinski definition) is 2. The van der Waals surface area contributed by atoms with Gasteiger partial charge in [-0.1, -0.05) is 19.1 Å². The monoisotopic (exact) mass is 281 g/mol. The van der Waals surface area contributed by atoms with Gasteiger partial charge in [0.25, 0.3) is 5.69 Å². The van der Waals surface area contributed by atoms with Gasteiger partial charge in [0.15, 0.2) is 5.41 Å². The smallest absolute Gasteiger partial charge is 0.321 e. The van der Waals surface area contributed by atoms with Gasteiger partial charge in [-0.05, 0) is 24.8 Å². The van der Waals surface area contributed by atoms with E-state index in [1.807, 2.05) is 0 Å². The van der Waals surface area contributed by atoms with E-state index >= 15 is 0 Å². The average Bonchev–Trinajstić information content (AvgIpc) is 2.39. The predicted molar refractivity (Wildman–Crippen MR) is 69.4 cm³/mol. The van der Waals surface area contributed by atoms with Crippen molar-refractivity contribution in [2.75, 3.05) is 0 Å². The molecule has 0 saturated heterocycles. The second-order valence-electron chi connectivity index (χ2n) is 4.47. The molecule has 0 aromatic heterocycles. The number of nitro groups is 1. The van der Waals surface area contributed by atoms with Crippen LogP contribution in [-0.4, -0.2) is 27.1 Å². The Kier molecular flexibility index (Phi) is 4.79. The maximum atomic E-state index is 11.2. The van der Waals surface area contributed by atoms with Crippen molar-refractivity contribution < 1.29 is 24.7 Å². The molecule has 2 N–H and O–H groups in total. The third kappa shape index (κ3) is 3.11. The van der Waals surface area contributed by atoms with Crippen molar-refractivity contribution in [1.29, 1.82) is 0 Å². The van der Waals surface area contributed by atoms with Gasteiger partial charge in [-0.15, -0.1) is 0 Å². The molecule has 1 rings (SSSR count). The van der Waals surface area contributed by atoms with Gasteiger partial charge in [0.05, 0.1) is 4.92 Å². The zero-order valence-corrected chi connectivity index (χ0v) is 10.9. The molecule has 0 aliphatic carbocycles. The molecule has 0 amide bonds. The fourth-order valence-corrected chi connectivity index (χ4v) is 1.97. The van der Waals surface area contributed by atoms with Crippen LogP contribution < -0.4 is 0 Å². The summed E-state index contributed by atoms with van der Waals surface area (Å²) >= 11 is 0. The van der Waals surface area contributed by atoms with Crippen LogP contribution in [0.5, 0.6) is 0 Å². The Labute approximate surface area is 115 Å². The molecule has 1 aromatic carbocycles. The summed E-state index contributed by atoms with van der Waals surface area (Å²) in [6.45, 7) is 1.50. The molecule has 108 valence electrons. The summed E-state index contributed by atoms with van der Waals surface area (Å²) in [6, 6.07) is 5.74. The predicted octanol–water partition coefficient (Wildman–Crippen LogP) is 2.09. The van der Waals surface area contributed by atoms with Crippen LogP contribution in [0.2, 0.25) is 0 Å². The molecule has 0 bridgehead atoms. The fourth-order valence-electron chi connectivity index (χ4n) is 1.97. The lowest BCUT2D eigenvalue weighted by Gasteiger charge is -2.22. The highest BCUT2D eigenvalue weighted by atomic mass is 16.6. The van der Waals surface area contributed by atoms with Crippen LogP contribution in [-0.2, 0) is 16.0 Å². The summed E-state index contributed by atoms with van der Waals surface area (Å²) in [4.78, 5) is 32.5. The van der Waals surface area contributed by atoms with Gasteiger partial charge in [-0.3, -0.25) is 19.7 Å². The standard InChI is InChI=1S/C13H15NO6/c1-2-13(11(15)16,12(17)18)7-6-9-4-3-5-10(8-9)14(19)20/h3-5,8H,2,6-7H2,1H3,(H,15,16)(H,17,18). The Balaban J connectivity index is 2.93. The Bertz CT molecular complexity index is 525. The maximum absolute atomic E-state index is 11.2. The van der Waals surface area contributed by atoms with E-state index < -0.39 is 22.3 Å². The van der Waals surface area contributed by atoms with Gasteiger partial charge >= 0.3 is 11.9 Å². The third-order valence-corrected chi connectivity index (χ3v) is 3.38. The summed E-state index contributed by atoms with van der Waals surface area (Å²) in [5.74, 6) is -2.78. The lowest BCUT2D eigenvalue weighted by Crippen LogP contribution is -2.39. The maximum Gasteiger partial charge on any atom is 0.321 e. The Morgan fingerprint density at radius 3 is 2.35 bits per heavy atom. The van der Waals surface area contributed by atoms with Crippen LogP contribution in [0.25, 0.3) is 0 Å². The van der Waals surface area contributed by atoms with Crippen LogP contribution in [0, 0.1) is 15.5 Å². The molecule has 7 heteroatoms. The normalized spacial score (nSPS) is 11.1. The van der Waals surface area contributed by atoms with Gasteiger partial charge < -0.3 is 10.2 Å². The first kappa shape index (κ1) is 15.6. The lowest BCUT2D eigenvalue weighted by molar-refractivity contribution is -0.384. The van der Waals surface area contributed by atoms with E-state index in [1.165, 1.54) is 25.1 Å². The van der Waals surface area contributed by atoms with E-state index in [0.717, 1.165) is 0 Å². The van der Waals surface area contributed by atoms with E-state index in [0.29, 0.717) is 5.56 Å². The van der Waals surface area contributed by atoms with Gasteiger partial charge in [-0.25, -0.2) is 0 Å². The minimum Gasteiger partial charge on any atom is -0.480 e. The van der Waals surface area contributed by atoms with Crippen molar-refractivity contribution in [3.63, 3.8) is 0 Å². The van der Waals surface area contributed by atoms with Crippen LogP contribution in [0.1, 0.15) is 25.3 Å². The zero-order valence-electron chi connectivity index (χ0n) is 10.9. The highest BCUT2D eigenvalue weighted by molar-refractivity contribution is 5.98. The zero-order chi connectivity index (χ0) is 15.3. The van der Waals surface area contributed by atoms with Gasteiger partial charge in [0, 0.05) is 12.1 Å². The summed E-state index contributed by atoms with van der Waals surface area (Å²) in [5.41, 5.74) is -1.42. The molecule has 0 heterocycles. The van der Waals surface area contributed by atoms with Crippen molar-refractivity contribution in [3.8, 4) is 0 Å². The summed E-state index contributed by atoms with van der Waals surface area (Å²) in [5, 5.41) is 28.9. The number of non-ortho nitro benzene ring substituents is 1. The molecule has 0 spiro atoms. The lowest BCUT2D eigenvalue weighted by atomic mass is 9.79. The fraction of sp³-hybridized carbons (Fsp3) is 0.385. The van der Waals surface area contributed by atoms with Gasteiger partial charge in [-0.2, -0.15) is 0 Å². The quantitative estimate of drug-likeness (QED) is 0.449. The Hall–Kier alpha value is -2.44. The van der Waals surface area contributed by atoms with E-state index in [2.05, 4.69) is 0 Å². The van der Waals surface area contributed by atoms with Crippen LogP contribution >= 0.6 is 0 Å². The largest absolute Gasteiger partial charge is 0.480 e. The van der Waals surface area contributed by atoms with E-state index in [4.69, 9.17) is 10.2 Å². The molecule has 0 aliphatic heterocycles. The number of carboxylic acids is 2. The molecule has 0 unspecified atom stereocenters. The number of nitrogens with zero attached hydrogens (tertiary/aromatic N) is 1. The second-order valence-corrected chi connectivity index (χ2v) is 4.47. The van der Waals surface area contributed by atoms with E-state index in [9.17, 15) is 19.7 Å². The highest BCUT2D eigenvalue weighted by Crippen LogP contribution is 2.29. The average molecular weight is 281 g/mol. The van der Waals surface area contributed by atoms with Gasteiger partial charge in [0.1, 0.15) is 0 Å². The molecule has 0 fully saturated rings. The minimum absolute atomic E-state index is 0.0490. The molecule has 0 atom stereocenters. The van der Waals surface area contributed by atoms with E-state index in [1.54, 1.807) is 6.07 Å². The first-order valence-electron chi connectivity index (χ1n) is 6.03. The minimum atomic E-state index is -1.86. The van der Waals surface area contributed by atoms with Crippen molar-refractivity contribution in [2.24, 2.45) is 5.41 Å². The number of rotatable bonds is 7. The number of benzene rings is 1. The Morgan fingerprint density at radius 2 is 1.90 bits per heavy atom. The number of nitro benzene ring substituents is 1. The van der Waals surface area contributed by atoms with Gasteiger partial charge in [0.2, 0.25) is 0 Å². The van der Waals surface area contributed by atoms with Crippen LogP contribution in [0.3, 0.4) is 0 Å². The number of carboxylic acid groups (broad SMARTS) is 2. The van der Waals surface area contributed by atoms with Crippen molar-refractivity contribution in [2.45, 2.75) is 26.2 Å². The molecule has 1 aromatic rings. The molecular weight excluding hydrogens is 266 g/mol. The van der Waals surface area contributed by atoms with Crippen molar-refractivity contribution >= 4 is 17.6 Å². The molecule has 0 radical (unpaired) electrons. The van der Waals surface area contributed by atoms with Crippen molar-refractivity contribution in [3.05, 3.63) is 39.9 Å². The molecule has 0 saturated carbocycles. The third-order valence-electron chi connectivity index (χ3n) is 3.38. The molecule has 20 heavy (non-hydrogen) atoms. The first-order chi connectivity index (χ1) is 9.33. The number of hydrogen-bond acceptors (Lipinski definition) is 4. The second kappa shape index (κ2) is 6.14. The van der Waals surface area contributed by atoms with Crippen molar-refractivity contribution in [1.82, 2.24) is 0 Å².